The van der Waals surface area contributed by atoms with E-state index in [9.17, 15) is 5.26 Å². The molecule has 0 saturated carbocycles. The first-order valence-electron chi connectivity index (χ1n) is 6.19. The van der Waals surface area contributed by atoms with Gasteiger partial charge in [-0.1, -0.05) is 0 Å². The second-order valence-electron chi connectivity index (χ2n) is 4.61. The van der Waals surface area contributed by atoms with Crippen molar-refractivity contribution in [3.8, 4) is 12.1 Å². The van der Waals surface area contributed by atoms with Crippen molar-refractivity contribution in [2.24, 2.45) is 0 Å². The lowest BCUT2D eigenvalue weighted by Crippen LogP contribution is -2.14. The Morgan fingerprint density at radius 2 is 1.70 bits per heavy atom. The lowest BCUT2D eigenvalue weighted by molar-refractivity contribution is 1.07. The third-order valence-corrected chi connectivity index (χ3v) is 3.14. The molecule has 0 saturated heterocycles. The highest BCUT2D eigenvalue weighted by atomic mass is 15.2. The van der Waals surface area contributed by atoms with Crippen molar-refractivity contribution >= 4 is 11.5 Å². The highest BCUT2D eigenvalue weighted by molar-refractivity contribution is 5.67. The van der Waals surface area contributed by atoms with Crippen molar-refractivity contribution in [3.63, 3.8) is 0 Å². The number of benzene rings is 1. The maximum Gasteiger partial charge on any atom is 0.151 e. The van der Waals surface area contributed by atoms with Crippen LogP contribution in [0, 0.1) is 36.5 Å². The molecule has 4 nitrogen and oxygen atoms in total. The Hall–Kier alpha value is -2.85. The van der Waals surface area contributed by atoms with Crippen molar-refractivity contribution in [2.45, 2.75) is 13.8 Å². The molecule has 0 aliphatic rings. The van der Waals surface area contributed by atoms with E-state index in [-0.39, 0.29) is 0 Å². The van der Waals surface area contributed by atoms with Crippen molar-refractivity contribution in [2.75, 3.05) is 11.9 Å². The summed E-state index contributed by atoms with van der Waals surface area (Å²) in [4.78, 5) is 6.32. The highest BCUT2D eigenvalue weighted by Crippen LogP contribution is 2.27. The topological polar surface area (TPSA) is 63.7 Å². The normalized spacial score (nSPS) is 9.65. The molecular weight excluding hydrogens is 248 g/mol. The van der Waals surface area contributed by atoms with Crippen molar-refractivity contribution in [1.82, 2.24) is 4.98 Å². The molecule has 2 rings (SSSR count). The molecular formula is C16H14N4. The third-order valence-electron chi connectivity index (χ3n) is 3.14. The SMILES string of the molecule is Cc1cc(C)c(C#N)c(N(C)c2ccc(C#N)cc2)n1. The van der Waals surface area contributed by atoms with Crippen LogP contribution in [0.25, 0.3) is 0 Å². The third kappa shape index (κ3) is 2.46. The Balaban J connectivity index is 2.50. The second kappa shape index (κ2) is 5.42. The molecule has 0 aliphatic heterocycles. The lowest BCUT2D eigenvalue weighted by atomic mass is 10.1. The predicted molar refractivity (Wildman–Crippen MR) is 77.6 cm³/mol. The van der Waals surface area contributed by atoms with E-state index < -0.39 is 0 Å². The summed E-state index contributed by atoms with van der Waals surface area (Å²) >= 11 is 0. The van der Waals surface area contributed by atoms with E-state index in [1.165, 1.54) is 0 Å². The number of pyridine rings is 1. The molecule has 0 radical (unpaired) electrons. The maximum absolute atomic E-state index is 9.31. The monoisotopic (exact) mass is 262 g/mol. The van der Waals surface area contributed by atoms with Crippen LogP contribution >= 0.6 is 0 Å². The summed E-state index contributed by atoms with van der Waals surface area (Å²) in [5, 5.41) is 18.1. The van der Waals surface area contributed by atoms with Crippen LogP contribution in [0.2, 0.25) is 0 Å². The van der Waals surface area contributed by atoms with Gasteiger partial charge < -0.3 is 4.90 Å². The zero-order valence-electron chi connectivity index (χ0n) is 11.7. The van der Waals surface area contributed by atoms with Gasteiger partial charge in [-0.2, -0.15) is 10.5 Å². The molecule has 0 amide bonds. The fraction of sp³-hybridized carbons (Fsp3) is 0.188. The molecule has 98 valence electrons. The summed E-state index contributed by atoms with van der Waals surface area (Å²) < 4.78 is 0. The minimum Gasteiger partial charge on any atom is -0.328 e. The van der Waals surface area contributed by atoms with Crippen LogP contribution in [0.5, 0.6) is 0 Å². The van der Waals surface area contributed by atoms with E-state index in [0.29, 0.717) is 16.9 Å². The largest absolute Gasteiger partial charge is 0.328 e. The first-order valence-corrected chi connectivity index (χ1v) is 6.19. The summed E-state index contributed by atoms with van der Waals surface area (Å²) in [6, 6.07) is 13.4. The molecule has 2 aromatic rings. The van der Waals surface area contributed by atoms with Gasteiger partial charge in [0.1, 0.15) is 6.07 Å². The molecule has 4 heteroatoms. The first-order chi connectivity index (χ1) is 9.56. The number of hydrogen-bond acceptors (Lipinski definition) is 4. The molecule has 1 heterocycles. The van der Waals surface area contributed by atoms with Gasteiger partial charge in [0.2, 0.25) is 0 Å². The van der Waals surface area contributed by atoms with E-state index in [1.54, 1.807) is 12.1 Å². The molecule has 1 aromatic carbocycles. The van der Waals surface area contributed by atoms with Gasteiger partial charge in [0, 0.05) is 18.4 Å². The molecule has 0 spiro atoms. The van der Waals surface area contributed by atoms with Gasteiger partial charge in [0.15, 0.2) is 5.82 Å². The number of rotatable bonds is 2. The van der Waals surface area contributed by atoms with Gasteiger partial charge >= 0.3 is 0 Å². The number of anilines is 2. The number of aryl methyl sites for hydroxylation is 2. The lowest BCUT2D eigenvalue weighted by Gasteiger charge is -2.21. The first kappa shape index (κ1) is 13.6. The van der Waals surface area contributed by atoms with Gasteiger partial charge in [-0.15, -0.1) is 0 Å². The van der Waals surface area contributed by atoms with Crippen LogP contribution in [0.3, 0.4) is 0 Å². The molecule has 0 atom stereocenters. The quantitative estimate of drug-likeness (QED) is 0.833. The van der Waals surface area contributed by atoms with Gasteiger partial charge in [0.05, 0.1) is 17.2 Å². The predicted octanol–water partition coefficient (Wildman–Crippen LogP) is 3.21. The van der Waals surface area contributed by atoms with Crippen LogP contribution in [-0.2, 0) is 0 Å². The average molecular weight is 262 g/mol. The molecule has 0 aliphatic carbocycles. The zero-order valence-corrected chi connectivity index (χ0v) is 11.7. The summed E-state index contributed by atoms with van der Waals surface area (Å²) in [5.41, 5.74) is 3.85. The highest BCUT2D eigenvalue weighted by Gasteiger charge is 2.14. The zero-order chi connectivity index (χ0) is 14.7. The van der Waals surface area contributed by atoms with Gasteiger partial charge in [-0.25, -0.2) is 4.98 Å². The van der Waals surface area contributed by atoms with Crippen LogP contribution in [-0.4, -0.2) is 12.0 Å². The van der Waals surface area contributed by atoms with Crippen LogP contribution < -0.4 is 4.90 Å². The van der Waals surface area contributed by atoms with Gasteiger partial charge in [0.25, 0.3) is 0 Å². The summed E-state index contributed by atoms with van der Waals surface area (Å²) in [6.07, 6.45) is 0. The average Bonchev–Trinajstić information content (AvgIpc) is 2.46. The fourth-order valence-electron chi connectivity index (χ4n) is 2.08. The van der Waals surface area contributed by atoms with E-state index in [4.69, 9.17) is 5.26 Å². The van der Waals surface area contributed by atoms with Gasteiger partial charge in [-0.05, 0) is 49.7 Å². The molecule has 0 bridgehead atoms. The van der Waals surface area contributed by atoms with Crippen LogP contribution in [0.15, 0.2) is 30.3 Å². The van der Waals surface area contributed by atoms with E-state index in [0.717, 1.165) is 16.9 Å². The Morgan fingerprint density at radius 1 is 1.05 bits per heavy atom. The van der Waals surface area contributed by atoms with E-state index in [2.05, 4.69) is 17.1 Å². The number of hydrogen-bond donors (Lipinski definition) is 0. The summed E-state index contributed by atoms with van der Waals surface area (Å²) in [5.74, 6) is 0.634. The minimum absolute atomic E-state index is 0.572. The summed E-state index contributed by atoms with van der Waals surface area (Å²) in [6.45, 7) is 3.81. The molecule has 0 fully saturated rings. The number of nitriles is 2. The van der Waals surface area contributed by atoms with Crippen LogP contribution in [0.4, 0.5) is 11.5 Å². The van der Waals surface area contributed by atoms with Crippen molar-refractivity contribution in [1.29, 1.82) is 10.5 Å². The van der Waals surface area contributed by atoms with Crippen molar-refractivity contribution < 1.29 is 0 Å². The summed E-state index contributed by atoms with van der Waals surface area (Å²) in [7, 11) is 1.86. The van der Waals surface area contributed by atoms with E-state index >= 15 is 0 Å². The molecule has 20 heavy (non-hydrogen) atoms. The fourth-order valence-corrected chi connectivity index (χ4v) is 2.08. The Kier molecular flexibility index (Phi) is 3.68. The van der Waals surface area contributed by atoms with E-state index in [1.807, 2.05) is 44.0 Å². The number of aromatic nitrogens is 1. The second-order valence-corrected chi connectivity index (χ2v) is 4.61. The van der Waals surface area contributed by atoms with Crippen LogP contribution in [0.1, 0.15) is 22.4 Å². The molecule has 0 unspecified atom stereocenters. The molecule has 1 aromatic heterocycles. The Morgan fingerprint density at radius 3 is 2.25 bits per heavy atom. The smallest absolute Gasteiger partial charge is 0.151 e. The Bertz CT molecular complexity index is 718. The Labute approximate surface area is 118 Å². The standard InChI is InChI=1S/C16H14N4/c1-11-8-12(2)19-16(15(11)10-18)20(3)14-6-4-13(9-17)5-7-14/h4-8H,1-3H3. The van der Waals surface area contributed by atoms with Crippen molar-refractivity contribution in [3.05, 3.63) is 52.7 Å². The minimum atomic E-state index is 0.572. The molecule has 0 N–H and O–H groups in total. The number of nitrogens with zero attached hydrogens (tertiary/aromatic N) is 4. The maximum atomic E-state index is 9.31. The van der Waals surface area contributed by atoms with Gasteiger partial charge in [-0.3, -0.25) is 0 Å².